The maximum absolute atomic E-state index is 5.33. The second kappa shape index (κ2) is 3.87. The van der Waals surface area contributed by atoms with Gasteiger partial charge in [0.25, 0.3) is 0 Å². The first-order chi connectivity index (χ1) is 8.74. The molecule has 18 heavy (non-hydrogen) atoms. The van der Waals surface area contributed by atoms with Crippen LogP contribution in [-0.4, -0.2) is 28.8 Å². The molecule has 0 bridgehead atoms. The number of ether oxygens (including phenoxy) is 2. The maximum atomic E-state index is 5.33. The Morgan fingerprint density at radius 3 is 2.44 bits per heavy atom. The first-order valence-corrected chi connectivity index (χ1v) is 5.56. The molecule has 0 saturated heterocycles. The largest absolute Gasteiger partial charge is 0.493 e. The van der Waals surface area contributed by atoms with Crippen molar-refractivity contribution in [2.45, 2.75) is 0 Å². The fraction of sp³-hybridized carbons (Fsp3) is 0.231. The number of hydrogen-bond acceptors (Lipinski definition) is 4. The van der Waals surface area contributed by atoms with Crippen LogP contribution in [0.1, 0.15) is 0 Å². The minimum atomic E-state index is 0.680. The molecule has 0 atom stereocenters. The Morgan fingerprint density at radius 1 is 1.00 bits per heavy atom. The van der Waals surface area contributed by atoms with Gasteiger partial charge in [0.2, 0.25) is 0 Å². The molecule has 0 aliphatic carbocycles. The Kier molecular flexibility index (Phi) is 2.33. The van der Waals surface area contributed by atoms with Crippen molar-refractivity contribution in [1.82, 2.24) is 14.5 Å². The number of imidazole rings is 1. The highest BCUT2D eigenvalue weighted by atomic mass is 16.5. The Morgan fingerprint density at radius 2 is 1.72 bits per heavy atom. The molecule has 0 radical (unpaired) electrons. The van der Waals surface area contributed by atoms with Gasteiger partial charge in [-0.25, -0.2) is 4.98 Å². The molecule has 0 saturated carbocycles. The van der Waals surface area contributed by atoms with E-state index < -0.39 is 0 Å². The van der Waals surface area contributed by atoms with E-state index in [1.54, 1.807) is 26.7 Å². The second-order valence-electron chi connectivity index (χ2n) is 4.07. The number of nitrogens with zero attached hydrogens (tertiary/aromatic N) is 3. The highest BCUT2D eigenvalue weighted by Gasteiger charge is 2.11. The first-order valence-electron chi connectivity index (χ1n) is 5.56. The van der Waals surface area contributed by atoms with Crippen LogP contribution < -0.4 is 9.47 Å². The summed E-state index contributed by atoms with van der Waals surface area (Å²) in [6, 6.07) is 3.81. The van der Waals surface area contributed by atoms with Crippen molar-refractivity contribution >= 4 is 21.9 Å². The van der Waals surface area contributed by atoms with E-state index in [2.05, 4.69) is 9.97 Å². The summed E-state index contributed by atoms with van der Waals surface area (Å²) in [5, 5.41) is 1.00. The summed E-state index contributed by atoms with van der Waals surface area (Å²) < 4.78 is 12.6. The second-order valence-corrected chi connectivity index (χ2v) is 4.07. The average Bonchev–Trinajstić information content (AvgIpc) is 2.79. The van der Waals surface area contributed by atoms with Crippen molar-refractivity contribution in [1.29, 1.82) is 0 Å². The molecule has 2 aromatic heterocycles. The Labute approximate surface area is 104 Å². The van der Waals surface area contributed by atoms with Crippen molar-refractivity contribution in [3.05, 3.63) is 24.7 Å². The third-order valence-electron chi connectivity index (χ3n) is 3.05. The van der Waals surface area contributed by atoms with Crippen LogP contribution in [0.3, 0.4) is 0 Å². The van der Waals surface area contributed by atoms with E-state index in [1.807, 2.05) is 23.7 Å². The van der Waals surface area contributed by atoms with Gasteiger partial charge in [-0.3, -0.25) is 4.98 Å². The zero-order chi connectivity index (χ0) is 12.7. The summed E-state index contributed by atoms with van der Waals surface area (Å²) in [5.41, 5.74) is 2.78. The van der Waals surface area contributed by atoms with E-state index in [4.69, 9.17) is 9.47 Å². The molecular weight excluding hydrogens is 230 g/mol. The Bertz CT molecular complexity index is 734. The van der Waals surface area contributed by atoms with Crippen LogP contribution in [0.4, 0.5) is 0 Å². The molecule has 5 heteroatoms. The number of rotatable bonds is 2. The van der Waals surface area contributed by atoms with Crippen molar-refractivity contribution in [2.24, 2.45) is 7.05 Å². The van der Waals surface area contributed by atoms with E-state index in [9.17, 15) is 0 Å². The molecule has 0 fully saturated rings. The maximum Gasteiger partial charge on any atom is 0.162 e. The minimum Gasteiger partial charge on any atom is -0.493 e. The number of fused-ring (bicyclic) bond motifs is 3. The van der Waals surface area contributed by atoms with Crippen molar-refractivity contribution in [3.63, 3.8) is 0 Å². The number of pyridine rings is 1. The highest BCUT2D eigenvalue weighted by Crippen LogP contribution is 2.34. The fourth-order valence-corrected chi connectivity index (χ4v) is 2.17. The lowest BCUT2D eigenvalue weighted by Crippen LogP contribution is -1.93. The van der Waals surface area contributed by atoms with Gasteiger partial charge in [-0.05, 0) is 6.07 Å². The smallest absolute Gasteiger partial charge is 0.162 e. The van der Waals surface area contributed by atoms with E-state index in [0.29, 0.717) is 11.5 Å². The van der Waals surface area contributed by atoms with Crippen LogP contribution in [0.5, 0.6) is 11.5 Å². The number of aryl methyl sites for hydroxylation is 1. The summed E-state index contributed by atoms with van der Waals surface area (Å²) in [6.07, 6.45) is 3.55. The van der Waals surface area contributed by atoms with E-state index in [1.165, 1.54) is 0 Å². The van der Waals surface area contributed by atoms with Gasteiger partial charge in [-0.15, -0.1) is 0 Å². The quantitative estimate of drug-likeness (QED) is 0.692. The summed E-state index contributed by atoms with van der Waals surface area (Å²) in [4.78, 5) is 8.69. The van der Waals surface area contributed by atoms with Crippen LogP contribution in [0.2, 0.25) is 0 Å². The van der Waals surface area contributed by atoms with Gasteiger partial charge < -0.3 is 14.0 Å². The van der Waals surface area contributed by atoms with Gasteiger partial charge in [0.05, 0.1) is 37.8 Å². The predicted octanol–water partition coefficient (Wildman–Crippen LogP) is 2.14. The van der Waals surface area contributed by atoms with Crippen LogP contribution in [0.25, 0.3) is 21.9 Å². The van der Waals surface area contributed by atoms with Crippen LogP contribution >= 0.6 is 0 Å². The number of aromatic nitrogens is 3. The number of methoxy groups -OCH3 is 2. The Hall–Kier alpha value is -2.30. The Balaban J connectivity index is 2.46. The van der Waals surface area contributed by atoms with Crippen LogP contribution in [0, 0.1) is 0 Å². The lowest BCUT2D eigenvalue weighted by Gasteiger charge is -2.09. The number of benzene rings is 1. The summed E-state index contributed by atoms with van der Waals surface area (Å²) in [5.74, 6) is 1.37. The average molecular weight is 243 g/mol. The van der Waals surface area contributed by atoms with Gasteiger partial charge in [-0.1, -0.05) is 0 Å². The normalized spacial score (nSPS) is 11.1. The molecule has 0 aliphatic rings. The molecule has 0 N–H and O–H groups in total. The van der Waals surface area contributed by atoms with Gasteiger partial charge in [-0.2, -0.15) is 0 Å². The topological polar surface area (TPSA) is 49.2 Å². The molecule has 0 unspecified atom stereocenters. The van der Waals surface area contributed by atoms with Gasteiger partial charge >= 0.3 is 0 Å². The van der Waals surface area contributed by atoms with Gasteiger partial charge in [0.1, 0.15) is 5.52 Å². The SMILES string of the molecule is COc1cc2ncc3ncn(C)c3c2cc1OC. The van der Waals surface area contributed by atoms with E-state index >= 15 is 0 Å². The third-order valence-corrected chi connectivity index (χ3v) is 3.05. The monoisotopic (exact) mass is 243 g/mol. The molecular formula is C13H13N3O2. The van der Waals surface area contributed by atoms with Gasteiger partial charge in [0.15, 0.2) is 11.5 Å². The summed E-state index contributed by atoms with van der Waals surface area (Å²) in [7, 11) is 5.21. The van der Waals surface area contributed by atoms with Crippen molar-refractivity contribution in [2.75, 3.05) is 14.2 Å². The van der Waals surface area contributed by atoms with E-state index in [0.717, 1.165) is 21.9 Å². The first kappa shape index (κ1) is 10.8. The number of hydrogen-bond donors (Lipinski definition) is 0. The third kappa shape index (κ3) is 1.40. The molecule has 2 heterocycles. The predicted molar refractivity (Wildman–Crippen MR) is 69.1 cm³/mol. The molecule has 0 spiro atoms. The van der Waals surface area contributed by atoms with Crippen LogP contribution in [0.15, 0.2) is 24.7 Å². The van der Waals surface area contributed by atoms with Crippen LogP contribution in [-0.2, 0) is 7.05 Å². The van der Waals surface area contributed by atoms with Gasteiger partial charge in [0, 0.05) is 18.5 Å². The lowest BCUT2D eigenvalue weighted by atomic mass is 10.1. The molecule has 0 aliphatic heterocycles. The summed E-state index contributed by atoms with van der Waals surface area (Å²) >= 11 is 0. The summed E-state index contributed by atoms with van der Waals surface area (Å²) in [6.45, 7) is 0. The van der Waals surface area contributed by atoms with E-state index in [-0.39, 0.29) is 0 Å². The highest BCUT2D eigenvalue weighted by molar-refractivity contribution is 6.03. The molecule has 5 nitrogen and oxygen atoms in total. The lowest BCUT2D eigenvalue weighted by molar-refractivity contribution is 0.356. The minimum absolute atomic E-state index is 0.680. The molecule has 0 amide bonds. The molecule has 3 aromatic rings. The zero-order valence-electron chi connectivity index (χ0n) is 10.5. The molecule has 3 rings (SSSR count). The zero-order valence-corrected chi connectivity index (χ0v) is 10.5. The van der Waals surface area contributed by atoms with Crippen molar-refractivity contribution in [3.8, 4) is 11.5 Å². The standard InChI is InChI=1S/C13H13N3O2/c1-16-7-15-10-6-14-9-5-12(18-3)11(17-2)4-8(9)13(10)16/h4-7H,1-3H3. The fourth-order valence-electron chi connectivity index (χ4n) is 2.17. The molecule has 1 aromatic carbocycles. The van der Waals surface area contributed by atoms with Crippen molar-refractivity contribution < 1.29 is 9.47 Å². The molecule has 92 valence electrons.